The van der Waals surface area contributed by atoms with Crippen LogP contribution in [0.15, 0.2) is 58.3 Å². The van der Waals surface area contributed by atoms with Crippen LogP contribution in [-0.4, -0.2) is 27.8 Å². The van der Waals surface area contributed by atoms with Crippen molar-refractivity contribution in [2.75, 3.05) is 23.7 Å². The Bertz CT molecular complexity index is 725. The van der Waals surface area contributed by atoms with Crippen LogP contribution in [0.4, 0.5) is 5.69 Å². The summed E-state index contributed by atoms with van der Waals surface area (Å²) in [5.74, 6) is 0.731. The van der Waals surface area contributed by atoms with E-state index in [1.807, 2.05) is 32.2 Å². The number of benzene rings is 2. The van der Waals surface area contributed by atoms with Crippen molar-refractivity contribution in [1.82, 2.24) is 0 Å². The van der Waals surface area contributed by atoms with Crippen molar-refractivity contribution >= 4 is 27.5 Å². The molecule has 0 atom stereocenters. The molecule has 0 saturated heterocycles. The number of nitrogens with zero attached hydrogens (tertiary/aromatic N) is 1. The smallest absolute Gasteiger partial charge is 0.264 e. The lowest BCUT2D eigenvalue weighted by atomic mass is 10.3. The van der Waals surface area contributed by atoms with E-state index < -0.39 is 10.0 Å². The molecule has 0 saturated carbocycles. The normalized spacial score (nSPS) is 11.3. The number of hydrogen-bond donors (Lipinski definition) is 0. The van der Waals surface area contributed by atoms with Gasteiger partial charge in [-0.3, -0.25) is 4.31 Å². The van der Waals surface area contributed by atoms with Crippen molar-refractivity contribution in [3.05, 3.63) is 48.5 Å². The van der Waals surface area contributed by atoms with Gasteiger partial charge in [0, 0.05) is 11.4 Å². The molecule has 2 rings (SSSR count). The van der Waals surface area contributed by atoms with Gasteiger partial charge in [0.2, 0.25) is 0 Å². The monoisotopic (exact) mass is 351 g/mol. The van der Waals surface area contributed by atoms with Crippen molar-refractivity contribution in [2.45, 2.75) is 23.6 Å². The van der Waals surface area contributed by atoms with Crippen LogP contribution in [0.3, 0.4) is 0 Å². The molecular formula is C17H21NO3S2. The van der Waals surface area contributed by atoms with E-state index in [1.54, 1.807) is 48.2 Å². The van der Waals surface area contributed by atoms with E-state index in [2.05, 4.69) is 0 Å². The van der Waals surface area contributed by atoms with Gasteiger partial charge >= 0.3 is 0 Å². The molecule has 0 aliphatic heterocycles. The minimum Gasteiger partial charge on any atom is -0.494 e. The maximum absolute atomic E-state index is 12.9. The van der Waals surface area contributed by atoms with Crippen LogP contribution >= 0.6 is 11.8 Å². The van der Waals surface area contributed by atoms with Crippen LogP contribution in [-0.2, 0) is 10.0 Å². The summed E-state index contributed by atoms with van der Waals surface area (Å²) in [7, 11) is -3.57. The predicted octanol–water partition coefficient (Wildman–Crippen LogP) is 4.02. The van der Waals surface area contributed by atoms with E-state index in [1.165, 1.54) is 4.31 Å². The van der Waals surface area contributed by atoms with Crippen molar-refractivity contribution < 1.29 is 13.2 Å². The zero-order chi connectivity index (χ0) is 16.9. The van der Waals surface area contributed by atoms with Gasteiger partial charge in [0.1, 0.15) is 5.75 Å². The van der Waals surface area contributed by atoms with Gasteiger partial charge in [0.05, 0.1) is 17.2 Å². The maximum Gasteiger partial charge on any atom is 0.264 e. The fourth-order valence-electron chi connectivity index (χ4n) is 2.24. The average molecular weight is 351 g/mol. The summed E-state index contributed by atoms with van der Waals surface area (Å²) in [6, 6.07) is 14.1. The molecule has 0 unspecified atom stereocenters. The molecule has 2 aromatic carbocycles. The van der Waals surface area contributed by atoms with Gasteiger partial charge < -0.3 is 4.74 Å². The van der Waals surface area contributed by atoms with Crippen LogP contribution in [0, 0.1) is 0 Å². The predicted molar refractivity (Wildman–Crippen MR) is 96.0 cm³/mol. The second kappa shape index (κ2) is 7.75. The molecule has 2 aromatic rings. The second-order valence-electron chi connectivity index (χ2n) is 4.77. The molecule has 0 fully saturated rings. The Kier molecular flexibility index (Phi) is 5.96. The van der Waals surface area contributed by atoms with E-state index >= 15 is 0 Å². The molecule has 0 aliphatic carbocycles. The fourth-order valence-corrected chi connectivity index (χ4v) is 4.12. The highest BCUT2D eigenvalue weighted by Gasteiger charge is 2.23. The Labute approximate surface area is 142 Å². The highest BCUT2D eigenvalue weighted by Crippen LogP contribution is 2.26. The van der Waals surface area contributed by atoms with Crippen molar-refractivity contribution in [3.63, 3.8) is 0 Å². The highest BCUT2D eigenvalue weighted by molar-refractivity contribution is 7.98. The van der Waals surface area contributed by atoms with E-state index in [9.17, 15) is 8.42 Å². The first kappa shape index (κ1) is 17.7. The molecule has 124 valence electrons. The Balaban J connectivity index is 2.33. The SMILES string of the molecule is CCOc1ccc(N(CC)S(=O)(=O)c2ccc(SC)cc2)cc1. The number of sulfonamides is 1. The number of ether oxygens (including phenoxy) is 1. The minimum absolute atomic E-state index is 0.297. The summed E-state index contributed by atoms with van der Waals surface area (Å²) in [6.45, 7) is 4.68. The first-order chi connectivity index (χ1) is 11.0. The lowest BCUT2D eigenvalue weighted by Gasteiger charge is -2.23. The van der Waals surface area contributed by atoms with E-state index in [0.29, 0.717) is 23.7 Å². The number of thioether (sulfide) groups is 1. The standard InChI is InChI=1S/C17H21NO3S2/c1-4-18(14-6-8-15(9-7-14)21-5-2)23(19,20)17-12-10-16(22-3)11-13-17/h6-13H,4-5H2,1-3H3. The third-order valence-electron chi connectivity index (χ3n) is 3.37. The largest absolute Gasteiger partial charge is 0.494 e. The minimum atomic E-state index is -3.57. The molecule has 0 radical (unpaired) electrons. The van der Waals surface area contributed by atoms with Crippen LogP contribution < -0.4 is 9.04 Å². The summed E-state index contributed by atoms with van der Waals surface area (Å²) in [5.41, 5.74) is 0.630. The number of rotatable bonds is 7. The summed E-state index contributed by atoms with van der Waals surface area (Å²) in [4.78, 5) is 1.33. The molecule has 0 N–H and O–H groups in total. The lowest BCUT2D eigenvalue weighted by molar-refractivity contribution is 0.340. The molecule has 0 bridgehead atoms. The Hall–Kier alpha value is -1.66. The topological polar surface area (TPSA) is 46.6 Å². The van der Waals surface area contributed by atoms with Gasteiger partial charge in [0.15, 0.2) is 0 Å². The zero-order valence-electron chi connectivity index (χ0n) is 13.5. The Morgan fingerprint density at radius 3 is 2.09 bits per heavy atom. The van der Waals surface area contributed by atoms with Gasteiger partial charge in [-0.1, -0.05) is 0 Å². The number of hydrogen-bond acceptors (Lipinski definition) is 4. The van der Waals surface area contributed by atoms with Crippen LogP contribution in [0.5, 0.6) is 5.75 Å². The quantitative estimate of drug-likeness (QED) is 0.707. The van der Waals surface area contributed by atoms with Crippen LogP contribution in [0.25, 0.3) is 0 Å². The third-order valence-corrected chi connectivity index (χ3v) is 6.03. The highest BCUT2D eigenvalue weighted by atomic mass is 32.2. The number of anilines is 1. The lowest BCUT2D eigenvalue weighted by Crippen LogP contribution is -2.30. The Morgan fingerprint density at radius 2 is 1.61 bits per heavy atom. The molecule has 0 aliphatic rings. The summed E-state index contributed by atoms with van der Waals surface area (Å²) >= 11 is 1.58. The molecule has 0 aromatic heterocycles. The molecular weight excluding hydrogens is 330 g/mol. The summed E-state index contributed by atoms with van der Waals surface area (Å²) < 4.78 is 32.5. The molecule has 23 heavy (non-hydrogen) atoms. The summed E-state index contributed by atoms with van der Waals surface area (Å²) in [5, 5.41) is 0. The van der Waals surface area contributed by atoms with Gasteiger partial charge in [-0.25, -0.2) is 8.42 Å². The summed E-state index contributed by atoms with van der Waals surface area (Å²) in [6.07, 6.45) is 1.96. The van der Waals surface area contributed by atoms with E-state index in [0.717, 1.165) is 10.6 Å². The van der Waals surface area contributed by atoms with E-state index in [-0.39, 0.29) is 0 Å². The van der Waals surface area contributed by atoms with Crippen LogP contribution in [0.1, 0.15) is 13.8 Å². The van der Waals surface area contributed by atoms with Crippen molar-refractivity contribution in [1.29, 1.82) is 0 Å². The van der Waals surface area contributed by atoms with Crippen molar-refractivity contribution in [2.24, 2.45) is 0 Å². The average Bonchev–Trinajstić information content (AvgIpc) is 2.57. The van der Waals surface area contributed by atoms with Crippen molar-refractivity contribution in [3.8, 4) is 5.75 Å². The molecule has 0 heterocycles. The van der Waals surface area contributed by atoms with Gasteiger partial charge in [-0.15, -0.1) is 11.8 Å². The first-order valence-electron chi connectivity index (χ1n) is 7.42. The molecule has 6 heteroatoms. The zero-order valence-corrected chi connectivity index (χ0v) is 15.2. The van der Waals surface area contributed by atoms with Gasteiger partial charge in [0.25, 0.3) is 10.0 Å². The molecule has 0 amide bonds. The van der Waals surface area contributed by atoms with Crippen LogP contribution in [0.2, 0.25) is 0 Å². The first-order valence-corrected chi connectivity index (χ1v) is 10.1. The van der Waals surface area contributed by atoms with Gasteiger partial charge in [-0.2, -0.15) is 0 Å². The third kappa shape index (κ3) is 4.00. The molecule has 4 nitrogen and oxygen atoms in total. The van der Waals surface area contributed by atoms with Gasteiger partial charge in [-0.05, 0) is 68.6 Å². The fraction of sp³-hybridized carbons (Fsp3) is 0.294. The Morgan fingerprint density at radius 1 is 1.00 bits per heavy atom. The molecule has 0 spiro atoms. The maximum atomic E-state index is 12.9. The van der Waals surface area contributed by atoms with E-state index in [4.69, 9.17) is 4.74 Å². The second-order valence-corrected chi connectivity index (χ2v) is 7.51.